The number of rotatable bonds is 5. The van der Waals surface area contributed by atoms with Crippen molar-refractivity contribution in [2.24, 2.45) is 12.1 Å². The second-order valence-electron chi connectivity index (χ2n) is 8.75. The maximum Gasteiger partial charge on any atom is 0.332 e. The number of piperidine rings is 1. The summed E-state index contributed by atoms with van der Waals surface area (Å²) in [6.07, 6.45) is 3.78. The third-order valence-corrected chi connectivity index (χ3v) is 6.38. The topological polar surface area (TPSA) is 80.7 Å². The summed E-state index contributed by atoms with van der Waals surface area (Å²) in [6, 6.07) is 9.57. The van der Waals surface area contributed by atoms with E-state index >= 15 is 0 Å². The highest BCUT2D eigenvalue weighted by Gasteiger charge is 2.27. The van der Waals surface area contributed by atoms with Gasteiger partial charge < -0.3 is 4.90 Å². The van der Waals surface area contributed by atoms with Crippen LogP contribution in [0.5, 0.6) is 0 Å². The quantitative estimate of drug-likeness (QED) is 0.609. The number of fused-ring (bicyclic) bond motifs is 3. The van der Waals surface area contributed by atoms with Crippen LogP contribution in [0.1, 0.15) is 31.7 Å². The summed E-state index contributed by atoms with van der Waals surface area (Å²) < 4.78 is 4.69. The van der Waals surface area contributed by atoms with Gasteiger partial charge in [-0.25, -0.2) is 9.80 Å². The third kappa shape index (κ3) is 3.66. The van der Waals surface area contributed by atoms with Crippen molar-refractivity contribution in [1.29, 1.82) is 0 Å². The van der Waals surface area contributed by atoms with Gasteiger partial charge in [0.25, 0.3) is 5.56 Å². The summed E-state index contributed by atoms with van der Waals surface area (Å²) in [6.45, 7) is 6.52. The molecule has 1 saturated heterocycles. The maximum absolute atomic E-state index is 13.5. The molecule has 0 spiro atoms. The molecule has 3 aromatic rings. The molecule has 2 aromatic heterocycles. The Morgan fingerprint density at radius 1 is 1.00 bits per heavy atom. The summed E-state index contributed by atoms with van der Waals surface area (Å²) in [7, 11) is 1.68. The molecule has 0 radical (unpaired) electrons. The van der Waals surface area contributed by atoms with Gasteiger partial charge in [-0.3, -0.25) is 18.5 Å². The molecule has 5 rings (SSSR count). The molecule has 32 heavy (non-hydrogen) atoms. The van der Waals surface area contributed by atoms with E-state index in [0.717, 1.165) is 30.9 Å². The SMILES string of the molecule is CC1=NN(CCN2CCCCC2)c2nc3c(c(=O)n(Cc4ccccc4)c(=O)n3C)n2C1. The standard InChI is InChI=1S/C23H29N7O2/c1-17-15-28-19-20(24-22(28)30(25-17)14-13-27-11-7-4-8-12-27)26(2)23(32)29(21(19)31)16-18-9-5-3-6-10-18/h3,5-6,9-10H,4,7-8,11-16H2,1-2H3. The predicted octanol–water partition coefficient (Wildman–Crippen LogP) is 1.63. The molecule has 168 valence electrons. The molecule has 0 amide bonds. The monoisotopic (exact) mass is 435 g/mol. The zero-order chi connectivity index (χ0) is 22.2. The van der Waals surface area contributed by atoms with E-state index in [4.69, 9.17) is 10.1 Å². The van der Waals surface area contributed by atoms with Gasteiger partial charge in [-0.15, -0.1) is 0 Å². The molecule has 2 aliphatic heterocycles. The second kappa shape index (κ2) is 8.38. The number of hydrogen-bond donors (Lipinski definition) is 0. The molecule has 4 heterocycles. The molecule has 1 aromatic carbocycles. The smallest absolute Gasteiger partial charge is 0.301 e. The lowest BCUT2D eigenvalue weighted by atomic mass is 10.1. The van der Waals surface area contributed by atoms with Crippen LogP contribution in [0.3, 0.4) is 0 Å². The molecular weight excluding hydrogens is 406 g/mol. The normalized spacial score (nSPS) is 16.9. The van der Waals surface area contributed by atoms with Crippen LogP contribution >= 0.6 is 0 Å². The van der Waals surface area contributed by atoms with Crippen molar-refractivity contribution in [2.75, 3.05) is 31.2 Å². The summed E-state index contributed by atoms with van der Waals surface area (Å²) in [4.78, 5) is 33.7. The molecule has 9 heteroatoms. The van der Waals surface area contributed by atoms with Crippen LogP contribution in [0, 0.1) is 0 Å². The fourth-order valence-electron chi connectivity index (χ4n) is 4.69. The van der Waals surface area contributed by atoms with Gasteiger partial charge in [0, 0.05) is 13.6 Å². The van der Waals surface area contributed by atoms with E-state index in [1.165, 1.54) is 28.4 Å². The van der Waals surface area contributed by atoms with Gasteiger partial charge in [-0.2, -0.15) is 10.1 Å². The van der Waals surface area contributed by atoms with E-state index in [1.807, 2.05) is 46.8 Å². The number of nitrogens with zero attached hydrogens (tertiary/aromatic N) is 7. The Balaban J connectivity index is 1.55. The van der Waals surface area contributed by atoms with Gasteiger partial charge in [0.05, 0.1) is 25.3 Å². The number of aryl methyl sites for hydroxylation is 1. The zero-order valence-corrected chi connectivity index (χ0v) is 18.7. The minimum absolute atomic E-state index is 0.231. The summed E-state index contributed by atoms with van der Waals surface area (Å²) in [5.74, 6) is 0.632. The first-order valence-corrected chi connectivity index (χ1v) is 11.3. The largest absolute Gasteiger partial charge is 0.332 e. The van der Waals surface area contributed by atoms with Crippen LogP contribution in [0.15, 0.2) is 45.0 Å². The van der Waals surface area contributed by atoms with Crippen molar-refractivity contribution in [3.8, 4) is 0 Å². The highest BCUT2D eigenvalue weighted by atomic mass is 16.2. The number of likely N-dealkylation sites (tertiary alicyclic amines) is 1. The summed E-state index contributed by atoms with van der Waals surface area (Å²) in [5.41, 5.74) is 2.02. The number of aromatic nitrogens is 4. The van der Waals surface area contributed by atoms with Gasteiger partial charge in [0.15, 0.2) is 11.2 Å². The Hall–Kier alpha value is -3.20. The highest BCUT2D eigenvalue weighted by molar-refractivity contribution is 5.87. The molecule has 9 nitrogen and oxygen atoms in total. The van der Waals surface area contributed by atoms with Gasteiger partial charge >= 0.3 is 5.69 Å². The Morgan fingerprint density at radius 2 is 1.75 bits per heavy atom. The van der Waals surface area contributed by atoms with E-state index < -0.39 is 0 Å². The predicted molar refractivity (Wildman–Crippen MR) is 126 cm³/mol. The van der Waals surface area contributed by atoms with E-state index in [-0.39, 0.29) is 17.8 Å². The van der Waals surface area contributed by atoms with Crippen molar-refractivity contribution >= 4 is 22.8 Å². The molecule has 0 N–H and O–H groups in total. The lowest BCUT2D eigenvalue weighted by molar-refractivity contribution is 0.233. The molecular formula is C23H29N7O2. The first-order chi connectivity index (χ1) is 15.5. The third-order valence-electron chi connectivity index (χ3n) is 6.38. The van der Waals surface area contributed by atoms with Crippen molar-refractivity contribution in [2.45, 2.75) is 39.3 Å². The van der Waals surface area contributed by atoms with Gasteiger partial charge in [-0.1, -0.05) is 36.8 Å². The minimum atomic E-state index is -0.362. The van der Waals surface area contributed by atoms with Crippen molar-refractivity contribution in [3.63, 3.8) is 0 Å². The van der Waals surface area contributed by atoms with Crippen molar-refractivity contribution in [3.05, 3.63) is 56.7 Å². The molecule has 0 unspecified atom stereocenters. The number of hydrazone groups is 1. The fourth-order valence-corrected chi connectivity index (χ4v) is 4.69. The van der Waals surface area contributed by atoms with Gasteiger partial charge in [0.1, 0.15) is 0 Å². The lowest BCUT2D eigenvalue weighted by Crippen LogP contribution is -2.40. The number of hydrogen-bond acceptors (Lipinski definition) is 6. The van der Waals surface area contributed by atoms with Crippen LogP contribution in [0.25, 0.3) is 11.2 Å². The first-order valence-electron chi connectivity index (χ1n) is 11.3. The fraction of sp³-hybridized carbons (Fsp3) is 0.478. The zero-order valence-electron chi connectivity index (χ0n) is 18.7. The molecule has 2 aliphatic rings. The average molecular weight is 436 g/mol. The van der Waals surface area contributed by atoms with Crippen molar-refractivity contribution < 1.29 is 0 Å². The van der Waals surface area contributed by atoms with E-state index in [2.05, 4.69) is 4.90 Å². The number of benzene rings is 1. The Bertz CT molecular complexity index is 1280. The Morgan fingerprint density at radius 3 is 2.50 bits per heavy atom. The Labute approximate surface area is 186 Å². The number of anilines is 1. The second-order valence-corrected chi connectivity index (χ2v) is 8.75. The number of imidazole rings is 1. The molecule has 0 bridgehead atoms. The van der Waals surface area contributed by atoms with E-state index in [1.54, 1.807) is 7.05 Å². The molecule has 1 fully saturated rings. The van der Waals surface area contributed by atoms with Gasteiger partial charge in [-0.05, 0) is 38.4 Å². The van der Waals surface area contributed by atoms with E-state index in [0.29, 0.717) is 30.2 Å². The summed E-state index contributed by atoms with van der Waals surface area (Å²) >= 11 is 0. The van der Waals surface area contributed by atoms with Crippen LogP contribution < -0.4 is 16.3 Å². The molecule has 0 atom stereocenters. The minimum Gasteiger partial charge on any atom is -0.301 e. The molecule has 0 saturated carbocycles. The first kappa shape index (κ1) is 20.7. The van der Waals surface area contributed by atoms with E-state index in [9.17, 15) is 9.59 Å². The van der Waals surface area contributed by atoms with Crippen LogP contribution in [0.4, 0.5) is 5.95 Å². The van der Waals surface area contributed by atoms with Crippen LogP contribution in [-0.2, 0) is 20.1 Å². The van der Waals surface area contributed by atoms with Crippen LogP contribution in [-0.4, -0.2) is 55.5 Å². The van der Waals surface area contributed by atoms with Gasteiger partial charge in [0.2, 0.25) is 5.95 Å². The lowest BCUT2D eigenvalue weighted by Gasteiger charge is -2.30. The van der Waals surface area contributed by atoms with Crippen LogP contribution in [0.2, 0.25) is 0 Å². The maximum atomic E-state index is 13.5. The molecule has 0 aliphatic carbocycles. The average Bonchev–Trinajstić information content (AvgIpc) is 3.20. The Kier molecular flexibility index (Phi) is 5.42. The summed E-state index contributed by atoms with van der Waals surface area (Å²) in [5, 5.41) is 6.61. The highest BCUT2D eigenvalue weighted by Crippen LogP contribution is 2.24. The van der Waals surface area contributed by atoms with Crippen molar-refractivity contribution in [1.82, 2.24) is 23.6 Å².